The molecule has 0 radical (unpaired) electrons. The molecule has 0 saturated heterocycles. The van der Waals surface area contributed by atoms with E-state index in [9.17, 15) is 9.90 Å². The first-order valence-electron chi connectivity index (χ1n) is 4.78. The van der Waals surface area contributed by atoms with E-state index in [1.165, 1.54) is 11.8 Å². The second-order valence-corrected chi connectivity index (χ2v) is 4.48. The van der Waals surface area contributed by atoms with Crippen molar-refractivity contribution < 1.29 is 9.90 Å². The Labute approximate surface area is 105 Å². The van der Waals surface area contributed by atoms with Gasteiger partial charge in [0.2, 0.25) is 0 Å². The number of aliphatic hydroxyl groups is 1. The average molecular weight is 255 g/mol. The summed E-state index contributed by atoms with van der Waals surface area (Å²) in [5.41, 5.74) is 0.938. The van der Waals surface area contributed by atoms with Gasteiger partial charge in [-0.3, -0.25) is 9.69 Å². The molecule has 1 aromatic carbocycles. The van der Waals surface area contributed by atoms with Crippen molar-refractivity contribution in [1.29, 1.82) is 0 Å². The lowest BCUT2D eigenvalue weighted by Gasteiger charge is -2.22. The summed E-state index contributed by atoms with van der Waals surface area (Å²) in [6.45, 7) is 1.74. The van der Waals surface area contributed by atoms with E-state index in [0.29, 0.717) is 6.54 Å². The van der Waals surface area contributed by atoms with E-state index in [1.807, 2.05) is 30.3 Å². The van der Waals surface area contributed by atoms with Gasteiger partial charge in [-0.2, -0.15) is 0 Å². The fourth-order valence-electron chi connectivity index (χ4n) is 1.23. The molecule has 0 bridgehead atoms. The monoisotopic (exact) mass is 255 g/mol. The number of rotatable bonds is 3. The number of thiocarbonyl (C=S) groups is 1. The Morgan fingerprint density at radius 2 is 2.06 bits per heavy atom. The second kappa shape index (κ2) is 5.98. The van der Waals surface area contributed by atoms with E-state index < -0.39 is 12.0 Å². The molecule has 1 aromatic rings. The lowest BCUT2D eigenvalue weighted by atomic mass is 10.2. The summed E-state index contributed by atoms with van der Waals surface area (Å²) in [5.74, 6) is -0.441. The molecule has 0 heterocycles. The molecular weight excluding hydrogens is 242 g/mol. The number of aliphatic hydroxyl groups excluding tert-OH is 1. The van der Waals surface area contributed by atoms with Gasteiger partial charge in [-0.15, -0.1) is 12.6 Å². The Balaban J connectivity index is 2.81. The van der Waals surface area contributed by atoms with Crippen LogP contribution in [0.4, 0.5) is 0 Å². The third-order valence-corrected chi connectivity index (χ3v) is 2.50. The number of carbonyl (C=O) groups excluding carboxylic acids is 1. The molecule has 3 nitrogen and oxygen atoms in total. The third-order valence-electron chi connectivity index (χ3n) is 2.04. The van der Waals surface area contributed by atoms with E-state index in [4.69, 9.17) is 12.2 Å². The van der Waals surface area contributed by atoms with Crippen molar-refractivity contribution in [2.45, 2.75) is 19.6 Å². The molecule has 0 fully saturated rings. The van der Waals surface area contributed by atoms with Gasteiger partial charge < -0.3 is 5.11 Å². The highest BCUT2D eigenvalue weighted by atomic mass is 32.1. The van der Waals surface area contributed by atoms with Crippen molar-refractivity contribution in [3.63, 3.8) is 0 Å². The molecular formula is C11H13NO2S2. The van der Waals surface area contributed by atoms with Crippen LogP contribution in [-0.2, 0) is 11.3 Å². The number of benzene rings is 1. The zero-order chi connectivity index (χ0) is 12.1. The highest BCUT2D eigenvalue weighted by molar-refractivity contribution is 8.11. The number of thiol groups is 1. The minimum absolute atomic E-state index is 0.162. The number of amides is 1. The van der Waals surface area contributed by atoms with Gasteiger partial charge in [0.25, 0.3) is 5.91 Å². The van der Waals surface area contributed by atoms with Crippen LogP contribution in [0, 0.1) is 0 Å². The fraction of sp³-hybridized carbons (Fsp3) is 0.273. The largest absolute Gasteiger partial charge is 0.384 e. The summed E-state index contributed by atoms with van der Waals surface area (Å²) >= 11 is 8.85. The molecule has 1 unspecified atom stereocenters. The number of hydrogen-bond acceptors (Lipinski definition) is 3. The van der Waals surface area contributed by atoms with E-state index >= 15 is 0 Å². The van der Waals surface area contributed by atoms with Gasteiger partial charge in [0.05, 0.1) is 6.54 Å². The Hall–Kier alpha value is -0.910. The molecule has 5 heteroatoms. The molecule has 1 atom stereocenters. The van der Waals surface area contributed by atoms with E-state index in [2.05, 4.69) is 12.6 Å². The van der Waals surface area contributed by atoms with Gasteiger partial charge in [0, 0.05) is 0 Å². The SMILES string of the molecule is CC(O)C(=O)N(Cc1ccccc1)C(=S)S. The van der Waals surface area contributed by atoms with Crippen LogP contribution in [0.3, 0.4) is 0 Å². The molecule has 1 N–H and O–H groups in total. The van der Waals surface area contributed by atoms with E-state index in [0.717, 1.165) is 5.56 Å². The lowest BCUT2D eigenvalue weighted by molar-refractivity contribution is -0.135. The summed E-state index contributed by atoms with van der Waals surface area (Å²) in [5, 5.41) is 9.23. The molecule has 0 aliphatic rings. The van der Waals surface area contributed by atoms with Crippen LogP contribution in [0.5, 0.6) is 0 Å². The smallest absolute Gasteiger partial charge is 0.256 e. The van der Waals surface area contributed by atoms with Crippen LogP contribution in [0.25, 0.3) is 0 Å². The maximum absolute atomic E-state index is 11.6. The quantitative estimate of drug-likeness (QED) is 0.637. The number of nitrogens with zero attached hydrogens (tertiary/aromatic N) is 1. The Bertz CT molecular complexity index is 379. The van der Waals surface area contributed by atoms with Gasteiger partial charge in [-0.1, -0.05) is 42.5 Å². The minimum Gasteiger partial charge on any atom is -0.384 e. The molecule has 0 aliphatic carbocycles. The zero-order valence-corrected chi connectivity index (χ0v) is 10.5. The third kappa shape index (κ3) is 3.59. The summed E-state index contributed by atoms with van der Waals surface area (Å²) in [6, 6.07) is 9.41. The lowest BCUT2D eigenvalue weighted by Crippen LogP contribution is -2.38. The Morgan fingerprint density at radius 3 is 2.50 bits per heavy atom. The number of hydrogen-bond donors (Lipinski definition) is 2. The molecule has 86 valence electrons. The van der Waals surface area contributed by atoms with E-state index in [1.54, 1.807) is 0 Å². The summed E-state index contributed by atoms with van der Waals surface area (Å²) < 4.78 is 0.162. The van der Waals surface area contributed by atoms with Gasteiger partial charge in [0.15, 0.2) is 0 Å². The van der Waals surface area contributed by atoms with Crippen LogP contribution in [0.15, 0.2) is 30.3 Å². The van der Waals surface area contributed by atoms with Crippen molar-refractivity contribution >= 4 is 35.1 Å². The van der Waals surface area contributed by atoms with Crippen molar-refractivity contribution in [3.8, 4) is 0 Å². The average Bonchev–Trinajstić information content (AvgIpc) is 2.26. The minimum atomic E-state index is -1.08. The van der Waals surface area contributed by atoms with Crippen molar-refractivity contribution in [2.24, 2.45) is 0 Å². The van der Waals surface area contributed by atoms with Gasteiger partial charge >= 0.3 is 0 Å². The molecule has 0 aromatic heterocycles. The van der Waals surface area contributed by atoms with Gasteiger partial charge in [-0.25, -0.2) is 0 Å². The van der Waals surface area contributed by atoms with Gasteiger partial charge in [0.1, 0.15) is 10.4 Å². The molecule has 0 aliphatic heterocycles. The molecule has 1 rings (SSSR count). The summed E-state index contributed by atoms with van der Waals surface area (Å²) in [7, 11) is 0. The summed E-state index contributed by atoms with van der Waals surface area (Å²) in [4.78, 5) is 12.9. The zero-order valence-electron chi connectivity index (χ0n) is 8.83. The normalized spacial score (nSPS) is 11.9. The standard InChI is InChI=1S/C11H13NO2S2/c1-8(13)10(14)12(11(15)16)7-9-5-3-2-4-6-9/h2-6,8,13H,7H2,1H3,(H,15,16). The fourth-order valence-corrected chi connectivity index (χ4v) is 1.56. The predicted octanol–water partition coefficient (Wildman–Crippen LogP) is 1.61. The maximum Gasteiger partial charge on any atom is 0.256 e. The first kappa shape index (κ1) is 13.2. The number of carbonyl (C=O) groups is 1. The highest BCUT2D eigenvalue weighted by Crippen LogP contribution is 2.09. The Morgan fingerprint density at radius 1 is 1.50 bits per heavy atom. The topological polar surface area (TPSA) is 40.5 Å². The first-order valence-corrected chi connectivity index (χ1v) is 5.64. The molecule has 0 spiro atoms. The van der Waals surface area contributed by atoms with Crippen LogP contribution >= 0.6 is 24.8 Å². The van der Waals surface area contributed by atoms with Crippen molar-refractivity contribution in [3.05, 3.63) is 35.9 Å². The van der Waals surface area contributed by atoms with Gasteiger partial charge in [-0.05, 0) is 12.5 Å². The van der Waals surface area contributed by atoms with Crippen LogP contribution < -0.4 is 0 Å². The highest BCUT2D eigenvalue weighted by Gasteiger charge is 2.20. The van der Waals surface area contributed by atoms with Crippen LogP contribution in [0.2, 0.25) is 0 Å². The van der Waals surface area contributed by atoms with Crippen LogP contribution in [0.1, 0.15) is 12.5 Å². The van der Waals surface area contributed by atoms with Crippen molar-refractivity contribution in [2.75, 3.05) is 0 Å². The molecule has 0 saturated carbocycles. The summed E-state index contributed by atoms with van der Waals surface area (Å²) in [6.07, 6.45) is -1.08. The maximum atomic E-state index is 11.6. The van der Waals surface area contributed by atoms with Crippen molar-refractivity contribution in [1.82, 2.24) is 4.90 Å². The molecule has 1 amide bonds. The molecule has 16 heavy (non-hydrogen) atoms. The van der Waals surface area contributed by atoms with E-state index in [-0.39, 0.29) is 4.32 Å². The van der Waals surface area contributed by atoms with Crippen LogP contribution in [-0.4, -0.2) is 26.3 Å². The predicted molar refractivity (Wildman–Crippen MR) is 70.3 cm³/mol. The second-order valence-electron chi connectivity index (χ2n) is 3.37. The first-order chi connectivity index (χ1) is 7.52. The Kier molecular flexibility index (Phi) is 4.92.